The van der Waals surface area contributed by atoms with Gasteiger partial charge in [-0.1, -0.05) is 31.4 Å². The average molecular weight is 268 g/mol. The van der Waals surface area contributed by atoms with E-state index in [4.69, 9.17) is 16.7 Å². The maximum absolute atomic E-state index is 10.8. The molecule has 2 rings (SSSR count). The zero-order chi connectivity index (χ0) is 13.1. The van der Waals surface area contributed by atoms with Crippen molar-refractivity contribution in [3.8, 4) is 0 Å². The molecule has 98 valence electrons. The normalized spacial score (nSPS) is 23.7. The lowest BCUT2D eigenvalue weighted by Crippen LogP contribution is -2.26. The summed E-state index contributed by atoms with van der Waals surface area (Å²) < 4.78 is 0. The number of anilines is 1. The van der Waals surface area contributed by atoms with Gasteiger partial charge in [-0.05, 0) is 37.0 Å². The summed E-state index contributed by atoms with van der Waals surface area (Å²) in [6, 6.07) is 5.29. The second-order valence-electron chi connectivity index (χ2n) is 5.11. The average Bonchev–Trinajstić information content (AvgIpc) is 2.31. The van der Waals surface area contributed by atoms with Gasteiger partial charge in [-0.3, -0.25) is 0 Å². The molecule has 0 saturated heterocycles. The van der Waals surface area contributed by atoms with Crippen molar-refractivity contribution in [3.05, 3.63) is 28.8 Å². The molecule has 0 heterocycles. The summed E-state index contributed by atoms with van der Waals surface area (Å²) >= 11 is 6.10. The molecular formula is C14H18ClNO2. The number of hydrogen-bond acceptors (Lipinski definition) is 2. The Hall–Kier alpha value is -1.22. The number of nitrogens with one attached hydrogen (secondary N) is 1. The highest BCUT2D eigenvalue weighted by molar-refractivity contribution is 6.33. The standard InChI is InChI=1S/C14H18ClNO2/c1-9-3-2-4-11(7-9)16-13-6-5-10(14(17)18)8-12(13)15/h5-6,8-9,11,16H,2-4,7H2,1H3,(H,17,18). The van der Waals surface area contributed by atoms with Crippen molar-refractivity contribution in [2.75, 3.05) is 5.32 Å². The molecule has 1 aliphatic rings. The highest BCUT2D eigenvalue weighted by Gasteiger charge is 2.19. The third-order valence-corrected chi connectivity index (χ3v) is 3.82. The summed E-state index contributed by atoms with van der Waals surface area (Å²) in [5.41, 5.74) is 1.06. The van der Waals surface area contributed by atoms with Gasteiger partial charge >= 0.3 is 5.97 Å². The van der Waals surface area contributed by atoms with Gasteiger partial charge in [0.1, 0.15) is 0 Å². The lowest BCUT2D eigenvalue weighted by atomic mass is 9.87. The van der Waals surface area contributed by atoms with Gasteiger partial charge in [-0.15, -0.1) is 0 Å². The van der Waals surface area contributed by atoms with Crippen LogP contribution in [0.3, 0.4) is 0 Å². The molecule has 3 nitrogen and oxygen atoms in total. The molecule has 1 saturated carbocycles. The van der Waals surface area contributed by atoms with Crippen LogP contribution in [0.4, 0.5) is 5.69 Å². The van der Waals surface area contributed by atoms with Crippen molar-refractivity contribution < 1.29 is 9.90 Å². The first-order chi connectivity index (χ1) is 8.56. The third-order valence-electron chi connectivity index (χ3n) is 3.51. The van der Waals surface area contributed by atoms with Crippen LogP contribution in [0.2, 0.25) is 5.02 Å². The molecule has 1 fully saturated rings. The number of aromatic carboxylic acids is 1. The molecule has 1 aromatic rings. The Morgan fingerprint density at radius 3 is 2.83 bits per heavy atom. The molecule has 2 N–H and O–H groups in total. The molecule has 0 amide bonds. The molecule has 0 bridgehead atoms. The number of carboxylic acid groups (broad SMARTS) is 1. The van der Waals surface area contributed by atoms with Crippen LogP contribution in [-0.4, -0.2) is 17.1 Å². The molecule has 2 atom stereocenters. The largest absolute Gasteiger partial charge is 0.478 e. The maximum atomic E-state index is 10.8. The fourth-order valence-corrected chi connectivity index (χ4v) is 2.79. The summed E-state index contributed by atoms with van der Waals surface area (Å²) in [7, 11) is 0. The first kappa shape index (κ1) is 13.2. The van der Waals surface area contributed by atoms with Gasteiger partial charge in [0.2, 0.25) is 0 Å². The number of hydrogen-bond donors (Lipinski definition) is 2. The van der Waals surface area contributed by atoms with Gasteiger partial charge in [-0.25, -0.2) is 4.79 Å². The van der Waals surface area contributed by atoms with E-state index in [-0.39, 0.29) is 5.56 Å². The summed E-state index contributed by atoms with van der Waals surface area (Å²) in [6.07, 6.45) is 4.84. The van der Waals surface area contributed by atoms with E-state index in [1.165, 1.54) is 18.9 Å². The van der Waals surface area contributed by atoms with Gasteiger partial charge < -0.3 is 10.4 Å². The van der Waals surface area contributed by atoms with E-state index in [0.717, 1.165) is 24.4 Å². The van der Waals surface area contributed by atoms with E-state index in [2.05, 4.69) is 12.2 Å². The van der Waals surface area contributed by atoms with Crippen LogP contribution in [0.1, 0.15) is 43.0 Å². The summed E-state index contributed by atoms with van der Waals surface area (Å²) in [5.74, 6) is -0.206. The fourth-order valence-electron chi connectivity index (χ4n) is 2.55. The Morgan fingerprint density at radius 2 is 2.22 bits per heavy atom. The number of carboxylic acids is 1. The number of rotatable bonds is 3. The zero-order valence-corrected chi connectivity index (χ0v) is 11.2. The smallest absolute Gasteiger partial charge is 0.335 e. The first-order valence-corrected chi connectivity index (χ1v) is 6.73. The van der Waals surface area contributed by atoms with Crippen LogP contribution in [0, 0.1) is 5.92 Å². The maximum Gasteiger partial charge on any atom is 0.335 e. The van der Waals surface area contributed by atoms with E-state index in [1.807, 2.05) is 0 Å². The predicted molar refractivity (Wildman–Crippen MR) is 73.5 cm³/mol. The summed E-state index contributed by atoms with van der Waals surface area (Å²) in [6.45, 7) is 2.27. The van der Waals surface area contributed by atoms with Gasteiger partial charge in [0.25, 0.3) is 0 Å². The third kappa shape index (κ3) is 3.16. The van der Waals surface area contributed by atoms with Crippen molar-refractivity contribution in [3.63, 3.8) is 0 Å². The zero-order valence-electron chi connectivity index (χ0n) is 10.4. The lowest BCUT2D eigenvalue weighted by Gasteiger charge is -2.28. The lowest BCUT2D eigenvalue weighted by molar-refractivity contribution is 0.0697. The molecule has 18 heavy (non-hydrogen) atoms. The van der Waals surface area contributed by atoms with Crippen LogP contribution in [-0.2, 0) is 0 Å². The summed E-state index contributed by atoms with van der Waals surface area (Å²) in [4.78, 5) is 10.8. The Kier molecular flexibility index (Phi) is 4.12. The van der Waals surface area contributed by atoms with E-state index in [1.54, 1.807) is 12.1 Å². The number of benzene rings is 1. The van der Waals surface area contributed by atoms with Crippen molar-refractivity contribution in [2.24, 2.45) is 5.92 Å². The Bertz CT molecular complexity index is 447. The van der Waals surface area contributed by atoms with Gasteiger partial charge in [0, 0.05) is 6.04 Å². The van der Waals surface area contributed by atoms with E-state index < -0.39 is 5.97 Å². The monoisotopic (exact) mass is 267 g/mol. The van der Waals surface area contributed by atoms with Gasteiger partial charge in [-0.2, -0.15) is 0 Å². The topological polar surface area (TPSA) is 49.3 Å². The molecule has 0 radical (unpaired) electrons. The molecule has 2 unspecified atom stereocenters. The van der Waals surface area contributed by atoms with Crippen molar-refractivity contribution in [1.29, 1.82) is 0 Å². The van der Waals surface area contributed by atoms with Crippen molar-refractivity contribution >= 4 is 23.3 Å². The van der Waals surface area contributed by atoms with Crippen LogP contribution < -0.4 is 5.32 Å². The Labute approximate surface area is 112 Å². The van der Waals surface area contributed by atoms with Gasteiger partial charge in [0.15, 0.2) is 0 Å². The Morgan fingerprint density at radius 1 is 1.44 bits per heavy atom. The van der Waals surface area contributed by atoms with Crippen LogP contribution in [0.5, 0.6) is 0 Å². The number of halogens is 1. The quantitative estimate of drug-likeness (QED) is 0.869. The van der Waals surface area contributed by atoms with Crippen molar-refractivity contribution in [2.45, 2.75) is 38.6 Å². The molecule has 0 aliphatic heterocycles. The minimum Gasteiger partial charge on any atom is -0.478 e. The van der Waals surface area contributed by atoms with Crippen LogP contribution >= 0.6 is 11.6 Å². The van der Waals surface area contributed by atoms with E-state index >= 15 is 0 Å². The second kappa shape index (κ2) is 5.61. The summed E-state index contributed by atoms with van der Waals surface area (Å²) in [5, 5.41) is 12.8. The first-order valence-electron chi connectivity index (χ1n) is 6.35. The highest BCUT2D eigenvalue weighted by atomic mass is 35.5. The SMILES string of the molecule is CC1CCCC(Nc2ccc(C(=O)O)cc2Cl)C1. The molecule has 1 aliphatic carbocycles. The highest BCUT2D eigenvalue weighted by Crippen LogP contribution is 2.29. The second-order valence-corrected chi connectivity index (χ2v) is 5.52. The molecule has 0 spiro atoms. The van der Waals surface area contributed by atoms with Crippen LogP contribution in [0.25, 0.3) is 0 Å². The molecule has 1 aromatic carbocycles. The molecule has 4 heteroatoms. The fraction of sp³-hybridized carbons (Fsp3) is 0.500. The van der Waals surface area contributed by atoms with Crippen molar-refractivity contribution in [1.82, 2.24) is 0 Å². The minimum atomic E-state index is -0.949. The predicted octanol–water partition coefficient (Wildman–Crippen LogP) is 4.03. The molecule has 0 aromatic heterocycles. The van der Waals surface area contributed by atoms with Crippen LogP contribution in [0.15, 0.2) is 18.2 Å². The number of carbonyl (C=O) groups is 1. The Balaban J connectivity index is 2.07. The van der Waals surface area contributed by atoms with Gasteiger partial charge in [0.05, 0.1) is 16.3 Å². The minimum absolute atomic E-state index is 0.225. The van der Waals surface area contributed by atoms with E-state index in [9.17, 15) is 4.79 Å². The van der Waals surface area contributed by atoms with E-state index in [0.29, 0.717) is 11.1 Å². The molecular weight excluding hydrogens is 250 g/mol.